The molecule has 1 heterocycles. The Labute approximate surface area is 139 Å². The van der Waals surface area contributed by atoms with E-state index in [9.17, 15) is 5.11 Å². The molecule has 2 unspecified atom stereocenters. The molecule has 0 saturated carbocycles. The van der Waals surface area contributed by atoms with Gasteiger partial charge >= 0.3 is 0 Å². The highest BCUT2D eigenvalue weighted by molar-refractivity contribution is 7.99. The average molecular weight is 355 g/mol. The van der Waals surface area contributed by atoms with Crippen molar-refractivity contribution in [2.24, 2.45) is 0 Å². The van der Waals surface area contributed by atoms with Gasteiger partial charge in [0.2, 0.25) is 0 Å². The number of hydrogen-bond acceptors (Lipinski definition) is 3. The van der Waals surface area contributed by atoms with Crippen molar-refractivity contribution in [1.82, 2.24) is 5.32 Å². The van der Waals surface area contributed by atoms with Gasteiger partial charge in [-0.25, -0.2) is 0 Å². The average Bonchev–Trinajstić information content (AvgIpc) is 2.83. The number of rotatable bonds is 5. The molecule has 6 heteroatoms. The molecule has 1 aromatic carbocycles. The Hall–Kier alpha value is 0.360. The Morgan fingerprint density at radius 1 is 1.40 bits per heavy atom. The zero-order valence-electron chi connectivity index (χ0n) is 11.2. The van der Waals surface area contributed by atoms with Crippen LogP contribution in [0.2, 0.25) is 0 Å². The minimum atomic E-state index is -1.38. The first-order chi connectivity index (χ1) is 9.40. The first-order valence-electron chi connectivity index (χ1n) is 6.64. The largest absolute Gasteiger partial charge is 0.387 e. The summed E-state index contributed by atoms with van der Waals surface area (Å²) in [7, 11) is 0. The van der Waals surface area contributed by atoms with Gasteiger partial charge in [-0.3, -0.25) is 0 Å². The minimum Gasteiger partial charge on any atom is -0.387 e. The van der Waals surface area contributed by atoms with E-state index in [1.165, 1.54) is 10.5 Å². The van der Waals surface area contributed by atoms with Gasteiger partial charge in [-0.2, -0.15) is 0 Å². The number of likely N-dealkylation sites (N-methyl/N-ethyl adjacent to an activating group) is 1. The van der Waals surface area contributed by atoms with Crippen molar-refractivity contribution < 1.29 is 5.11 Å². The minimum absolute atomic E-state index is 0.261. The van der Waals surface area contributed by atoms with Crippen LogP contribution < -0.4 is 5.32 Å². The number of alkyl halides is 3. The van der Waals surface area contributed by atoms with Crippen molar-refractivity contribution in [3.8, 4) is 0 Å². The smallest absolute Gasteiger partial charge is 0.192 e. The molecule has 0 saturated heterocycles. The zero-order valence-corrected chi connectivity index (χ0v) is 14.3. The molecule has 0 amide bonds. The standard InChI is InChI=1S/C14H18Cl3NOS/c1-2-18-11(8-14(15,16)17)13(19)10-4-3-9-5-6-20-12(9)7-10/h3-4,7,11,13,18-19H,2,5-6,8H2,1H3. The van der Waals surface area contributed by atoms with E-state index in [4.69, 9.17) is 34.8 Å². The van der Waals surface area contributed by atoms with E-state index in [1.54, 1.807) is 0 Å². The molecular formula is C14H18Cl3NOS. The number of thioether (sulfide) groups is 1. The topological polar surface area (TPSA) is 32.3 Å². The van der Waals surface area contributed by atoms with Crippen LogP contribution in [-0.4, -0.2) is 27.2 Å². The second kappa shape index (κ2) is 7.08. The van der Waals surface area contributed by atoms with E-state index >= 15 is 0 Å². The maximum absolute atomic E-state index is 10.6. The predicted molar refractivity (Wildman–Crippen MR) is 88.2 cm³/mol. The number of benzene rings is 1. The maximum atomic E-state index is 10.6. The van der Waals surface area contributed by atoms with Crippen LogP contribution in [0.3, 0.4) is 0 Å². The normalized spacial score (nSPS) is 17.9. The van der Waals surface area contributed by atoms with Gasteiger partial charge in [0.15, 0.2) is 3.79 Å². The molecule has 0 aromatic heterocycles. The quantitative estimate of drug-likeness (QED) is 0.781. The summed E-state index contributed by atoms with van der Waals surface area (Å²) >= 11 is 19.4. The third kappa shape index (κ3) is 4.43. The summed E-state index contributed by atoms with van der Waals surface area (Å²) in [5.74, 6) is 1.11. The number of aliphatic hydroxyl groups excluding tert-OH is 1. The number of aryl methyl sites for hydroxylation is 1. The molecule has 0 spiro atoms. The number of aliphatic hydroxyl groups is 1. The summed E-state index contributed by atoms with van der Waals surface area (Å²) in [5.41, 5.74) is 2.23. The molecule has 0 fully saturated rings. The molecule has 2 rings (SSSR count). The summed E-state index contributed by atoms with van der Waals surface area (Å²) < 4.78 is -1.38. The highest BCUT2D eigenvalue weighted by Gasteiger charge is 2.30. The first kappa shape index (κ1) is 16.7. The van der Waals surface area contributed by atoms with Crippen molar-refractivity contribution in [3.05, 3.63) is 29.3 Å². The van der Waals surface area contributed by atoms with E-state index in [-0.39, 0.29) is 12.5 Å². The van der Waals surface area contributed by atoms with E-state index < -0.39 is 9.90 Å². The second-order valence-corrected chi connectivity index (χ2v) is 8.55. The van der Waals surface area contributed by atoms with Gasteiger partial charge in [0, 0.05) is 23.1 Å². The zero-order chi connectivity index (χ0) is 14.8. The van der Waals surface area contributed by atoms with Crippen LogP contribution in [0, 0.1) is 0 Å². The highest BCUT2D eigenvalue weighted by Crippen LogP contribution is 2.37. The van der Waals surface area contributed by atoms with Crippen molar-refractivity contribution in [2.45, 2.75) is 40.6 Å². The molecule has 0 radical (unpaired) electrons. The highest BCUT2D eigenvalue weighted by atomic mass is 35.6. The molecule has 20 heavy (non-hydrogen) atoms. The van der Waals surface area contributed by atoms with E-state index in [1.807, 2.05) is 24.8 Å². The van der Waals surface area contributed by atoms with Crippen molar-refractivity contribution in [2.75, 3.05) is 12.3 Å². The fraction of sp³-hybridized carbons (Fsp3) is 0.571. The Morgan fingerprint density at radius 2 is 2.15 bits per heavy atom. The fourth-order valence-corrected chi connectivity index (χ4v) is 4.02. The molecule has 112 valence electrons. The molecule has 1 aromatic rings. The van der Waals surface area contributed by atoms with E-state index in [0.717, 1.165) is 17.7 Å². The third-order valence-corrected chi connectivity index (χ3v) is 4.92. The first-order valence-corrected chi connectivity index (χ1v) is 8.76. The van der Waals surface area contributed by atoms with Crippen LogP contribution in [0.5, 0.6) is 0 Å². The lowest BCUT2D eigenvalue weighted by Gasteiger charge is -2.27. The summed E-state index contributed by atoms with van der Waals surface area (Å²) in [4.78, 5) is 1.26. The van der Waals surface area contributed by atoms with Crippen molar-refractivity contribution in [3.63, 3.8) is 0 Å². The van der Waals surface area contributed by atoms with E-state index in [2.05, 4.69) is 17.4 Å². The predicted octanol–water partition coefficient (Wildman–Crippen LogP) is 4.11. The SMILES string of the molecule is CCNC(CC(Cl)(Cl)Cl)C(O)c1ccc2c(c1)SCC2. The van der Waals surface area contributed by atoms with Crippen molar-refractivity contribution in [1.29, 1.82) is 0 Å². The van der Waals surface area contributed by atoms with E-state index in [0.29, 0.717) is 6.54 Å². The Kier molecular flexibility index (Phi) is 5.92. The molecule has 0 bridgehead atoms. The van der Waals surface area contributed by atoms with Gasteiger partial charge in [0.05, 0.1) is 6.10 Å². The van der Waals surface area contributed by atoms with Crippen molar-refractivity contribution >= 4 is 46.6 Å². The Bertz CT molecular complexity index is 464. The molecule has 0 aliphatic carbocycles. The Balaban J connectivity index is 2.16. The van der Waals surface area contributed by atoms with Gasteiger partial charge in [0.25, 0.3) is 0 Å². The number of nitrogens with one attached hydrogen (secondary N) is 1. The molecule has 2 N–H and O–H groups in total. The van der Waals surface area contributed by atoms with Crippen LogP contribution in [-0.2, 0) is 6.42 Å². The lowest BCUT2D eigenvalue weighted by molar-refractivity contribution is 0.125. The maximum Gasteiger partial charge on any atom is 0.192 e. The molecule has 1 aliphatic rings. The third-order valence-electron chi connectivity index (χ3n) is 3.36. The van der Waals surface area contributed by atoms with Gasteiger partial charge < -0.3 is 10.4 Å². The summed E-state index contributed by atoms with van der Waals surface area (Å²) in [6.45, 7) is 2.68. The van der Waals surface area contributed by atoms with Gasteiger partial charge in [-0.15, -0.1) is 11.8 Å². The second-order valence-electron chi connectivity index (χ2n) is 4.89. The number of hydrogen-bond donors (Lipinski definition) is 2. The van der Waals surface area contributed by atoms with Gasteiger partial charge in [-0.1, -0.05) is 53.9 Å². The van der Waals surface area contributed by atoms with Gasteiger partial charge in [0.1, 0.15) is 0 Å². The molecule has 2 nitrogen and oxygen atoms in total. The molecule has 1 aliphatic heterocycles. The monoisotopic (exact) mass is 353 g/mol. The van der Waals surface area contributed by atoms with Crippen LogP contribution in [0.25, 0.3) is 0 Å². The summed E-state index contributed by atoms with van der Waals surface area (Å²) in [5, 5.41) is 13.8. The van der Waals surface area contributed by atoms with Gasteiger partial charge in [-0.05, 0) is 30.2 Å². The molecule has 2 atom stereocenters. The summed E-state index contributed by atoms with van der Waals surface area (Å²) in [6, 6.07) is 5.84. The fourth-order valence-electron chi connectivity index (χ4n) is 2.41. The van der Waals surface area contributed by atoms with Crippen LogP contribution in [0.15, 0.2) is 23.1 Å². The van der Waals surface area contributed by atoms with Crippen LogP contribution in [0.1, 0.15) is 30.6 Å². The summed E-state index contributed by atoms with van der Waals surface area (Å²) in [6.07, 6.45) is 0.676. The lowest BCUT2D eigenvalue weighted by atomic mass is 9.98. The van der Waals surface area contributed by atoms with Crippen LogP contribution in [0.4, 0.5) is 0 Å². The Morgan fingerprint density at radius 3 is 2.80 bits per heavy atom. The van der Waals surface area contributed by atoms with Crippen LogP contribution >= 0.6 is 46.6 Å². The molecular weight excluding hydrogens is 337 g/mol. The number of fused-ring (bicyclic) bond motifs is 1. The number of halogens is 3. The lowest BCUT2D eigenvalue weighted by Crippen LogP contribution is -2.38.